The van der Waals surface area contributed by atoms with Gasteiger partial charge < -0.3 is 15.5 Å². The molecule has 2 amide bonds. The van der Waals surface area contributed by atoms with Crippen LogP contribution in [0, 0.1) is 11.6 Å². The van der Waals surface area contributed by atoms with Gasteiger partial charge in [-0.25, -0.2) is 17.2 Å². The minimum absolute atomic E-state index is 0.362. The lowest BCUT2D eigenvalue weighted by Crippen LogP contribution is -2.35. The summed E-state index contributed by atoms with van der Waals surface area (Å²) in [6.45, 7) is 0.725. The molecular weight excluding hydrogens is 396 g/mol. The number of anilines is 1. The Balaban J connectivity index is 1.82. The number of hydrogen-bond donors (Lipinski definition) is 2. The van der Waals surface area contributed by atoms with Crippen LogP contribution in [0.15, 0.2) is 33.8 Å². The Hall–Kier alpha value is -2.79. The van der Waals surface area contributed by atoms with E-state index < -0.39 is 49.8 Å². The molecule has 1 aliphatic heterocycles. The van der Waals surface area contributed by atoms with Gasteiger partial charge in [0.05, 0.1) is 11.3 Å². The van der Waals surface area contributed by atoms with Gasteiger partial charge in [-0.3, -0.25) is 9.59 Å². The molecule has 0 saturated carbocycles. The first-order chi connectivity index (χ1) is 13.2. The molecule has 0 aliphatic carbocycles. The molecule has 1 aromatic carbocycles. The molecule has 2 heterocycles. The molecule has 8 nitrogen and oxygen atoms in total. The van der Waals surface area contributed by atoms with Gasteiger partial charge in [-0.1, -0.05) is 6.42 Å². The van der Waals surface area contributed by atoms with Gasteiger partial charge in [-0.15, -0.1) is 0 Å². The third-order valence-electron chi connectivity index (χ3n) is 4.28. The van der Waals surface area contributed by atoms with Crippen molar-refractivity contribution in [2.75, 3.05) is 18.4 Å². The summed E-state index contributed by atoms with van der Waals surface area (Å²) in [4.78, 5) is 23.4. The van der Waals surface area contributed by atoms with E-state index in [-0.39, 0.29) is 5.76 Å². The van der Waals surface area contributed by atoms with Gasteiger partial charge in [0.2, 0.25) is 5.09 Å². The standard InChI is InChI=1S/C17H17F2N3O5S/c18-11-9-12(19)13(8-10(11)16(20)23)21-17(24)14-4-5-15(27-14)28(25,26)22-6-2-1-3-7-22/h4-5,8-9H,1-3,6-7H2,(H2,20,23)(H,21,24). The third-order valence-corrected chi connectivity index (χ3v) is 6.06. The summed E-state index contributed by atoms with van der Waals surface area (Å²) in [6, 6.07) is 3.42. The number of piperidine rings is 1. The Bertz CT molecular complexity index is 1030. The van der Waals surface area contributed by atoms with Crippen LogP contribution in [0.1, 0.15) is 40.2 Å². The average Bonchev–Trinajstić information content (AvgIpc) is 3.15. The van der Waals surface area contributed by atoms with Crippen molar-refractivity contribution in [1.82, 2.24) is 4.31 Å². The van der Waals surface area contributed by atoms with E-state index in [1.807, 2.05) is 0 Å². The molecule has 0 unspecified atom stereocenters. The van der Waals surface area contributed by atoms with Gasteiger partial charge in [0.25, 0.3) is 21.8 Å². The fourth-order valence-corrected chi connectivity index (χ4v) is 4.26. The highest BCUT2D eigenvalue weighted by molar-refractivity contribution is 7.89. The average molecular weight is 413 g/mol. The van der Waals surface area contributed by atoms with Gasteiger partial charge >= 0.3 is 0 Å². The molecule has 1 aliphatic rings. The van der Waals surface area contributed by atoms with Crippen molar-refractivity contribution < 1.29 is 31.2 Å². The van der Waals surface area contributed by atoms with Gasteiger partial charge in [0, 0.05) is 19.2 Å². The van der Waals surface area contributed by atoms with Crippen molar-refractivity contribution in [3.63, 3.8) is 0 Å². The van der Waals surface area contributed by atoms with Gasteiger partial charge in [0.15, 0.2) is 5.76 Å². The molecule has 0 atom stereocenters. The maximum atomic E-state index is 13.9. The molecule has 1 saturated heterocycles. The molecular formula is C17H17F2N3O5S. The van der Waals surface area contributed by atoms with Crippen molar-refractivity contribution in [2.45, 2.75) is 24.4 Å². The number of rotatable bonds is 5. The third kappa shape index (κ3) is 3.90. The number of carbonyl (C=O) groups is 2. The highest BCUT2D eigenvalue weighted by Crippen LogP contribution is 2.24. The van der Waals surface area contributed by atoms with E-state index in [9.17, 15) is 26.8 Å². The largest absolute Gasteiger partial charge is 0.438 e. The van der Waals surface area contributed by atoms with E-state index in [0.717, 1.165) is 37.5 Å². The number of sulfonamides is 1. The van der Waals surface area contributed by atoms with E-state index in [2.05, 4.69) is 5.32 Å². The van der Waals surface area contributed by atoms with Crippen molar-refractivity contribution in [3.05, 3.63) is 47.2 Å². The Morgan fingerprint density at radius 2 is 1.75 bits per heavy atom. The van der Waals surface area contributed by atoms with Crippen LogP contribution in [-0.4, -0.2) is 37.6 Å². The normalized spacial score (nSPS) is 15.4. The van der Waals surface area contributed by atoms with Gasteiger partial charge in [-0.2, -0.15) is 4.31 Å². The number of furan rings is 1. The fraction of sp³-hybridized carbons (Fsp3) is 0.294. The number of primary amides is 1. The number of carbonyl (C=O) groups excluding carboxylic acids is 2. The number of nitrogens with one attached hydrogen (secondary N) is 1. The summed E-state index contributed by atoms with van der Waals surface area (Å²) in [5.74, 6) is -4.80. The predicted molar refractivity (Wildman–Crippen MR) is 94.1 cm³/mol. The molecule has 11 heteroatoms. The molecule has 150 valence electrons. The highest BCUT2D eigenvalue weighted by atomic mass is 32.2. The quantitative estimate of drug-likeness (QED) is 0.777. The topological polar surface area (TPSA) is 123 Å². The Morgan fingerprint density at radius 1 is 1.07 bits per heavy atom. The number of benzene rings is 1. The molecule has 1 aromatic heterocycles. The van der Waals surface area contributed by atoms with Crippen LogP contribution in [0.5, 0.6) is 0 Å². The molecule has 0 spiro atoms. The lowest BCUT2D eigenvalue weighted by Gasteiger charge is -2.24. The number of halogens is 2. The minimum atomic E-state index is -3.88. The maximum absolute atomic E-state index is 13.9. The zero-order valence-electron chi connectivity index (χ0n) is 14.6. The summed E-state index contributed by atoms with van der Waals surface area (Å²) in [7, 11) is -3.88. The second-order valence-electron chi connectivity index (χ2n) is 6.21. The van der Waals surface area contributed by atoms with Crippen molar-refractivity contribution in [3.8, 4) is 0 Å². The first kappa shape index (κ1) is 20.0. The van der Waals surface area contributed by atoms with Gasteiger partial charge in [0.1, 0.15) is 11.6 Å². The Labute approximate surface area is 159 Å². The molecule has 3 N–H and O–H groups in total. The summed E-state index contributed by atoms with van der Waals surface area (Å²) in [6.07, 6.45) is 2.41. The second kappa shape index (κ2) is 7.68. The smallest absolute Gasteiger partial charge is 0.291 e. The first-order valence-corrected chi connectivity index (χ1v) is 9.84. The SMILES string of the molecule is NC(=O)c1cc(NC(=O)c2ccc(S(=O)(=O)N3CCCCC3)o2)c(F)cc1F. The molecule has 3 rings (SSSR count). The summed E-state index contributed by atoms with van der Waals surface area (Å²) < 4.78 is 58.9. The molecule has 2 aromatic rings. The summed E-state index contributed by atoms with van der Waals surface area (Å²) in [5, 5.41) is 1.70. The van der Waals surface area contributed by atoms with E-state index in [1.54, 1.807) is 0 Å². The lowest BCUT2D eigenvalue weighted by atomic mass is 10.1. The Kier molecular flexibility index (Phi) is 5.47. The van der Waals surface area contributed by atoms with E-state index in [1.165, 1.54) is 4.31 Å². The van der Waals surface area contributed by atoms with Crippen LogP contribution in [0.3, 0.4) is 0 Å². The van der Waals surface area contributed by atoms with Crippen LogP contribution in [0.2, 0.25) is 0 Å². The van der Waals surface area contributed by atoms with Crippen LogP contribution in [0.25, 0.3) is 0 Å². The number of nitrogens with two attached hydrogens (primary N) is 1. The number of hydrogen-bond acceptors (Lipinski definition) is 5. The fourth-order valence-electron chi connectivity index (χ4n) is 2.83. The van der Waals surface area contributed by atoms with E-state index in [0.29, 0.717) is 19.2 Å². The highest BCUT2D eigenvalue weighted by Gasteiger charge is 2.30. The first-order valence-electron chi connectivity index (χ1n) is 8.40. The van der Waals surface area contributed by atoms with Crippen molar-refractivity contribution in [2.24, 2.45) is 5.73 Å². The molecule has 28 heavy (non-hydrogen) atoms. The van der Waals surface area contributed by atoms with Crippen molar-refractivity contribution >= 4 is 27.5 Å². The predicted octanol–water partition coefficient (Wildman–Crippen LogP) is 2.08. The minimum Gasteiger partial charge on any atom is -0.438 e. The molecule has 1 fully saturated rings. The number of amides is 2. The van der Waals surface area contributed by atoms with Crippen LogP contribution >= 0.6 is 0 Å². The second-order valence-corrected chi connectivity index (χ2v) is 8.08. The zero-order valence-corrected chi connectivity index (χ0v) is 15.4. The van der Waals surface area contributed by atoms with Gasteiger partial charge in [-0.05, 0) is 31.0 Å². The monoisotopic (exact) mass is 413 g/mol. The van der Waals surface area contributed by atoms with Crippen LogP contribution in [-0.2, 0) is 10.0 Å². The zero-order chi connectivity index (χ0) is 20.5. The summed E-state index contributed by atoms with van der Waals surface area (Å²) in [5.41, 5.74) is 3.88. The maximum Gasteiger partial charge on any atom is 0.291 e. The van der Waals surface area contributed by atoms with Crippen LogP contribution < -0.4 is 11.1 Å². The Morgan fingerprint density at radius 3 is 2.39 bits per heavy atom. The van der Waals surface area contributed by atoms with E-state index in [4.69, 9.17) is 10.2 Å². The lowest BCUT2D eigenvalue weighted by molar-refractivity contribution is 0.0982. The summed E-state index contributed by atoms with van der Waals surface area (Å²) >= 11 is 0. The number of nitrogens with zero attached hydrogens (tertiary/aromatic N) is 1. The van der Waals surface area contributed by atoms with E-state index >= 15 is 0 Å². The molecule has 0 bridgehead atoms. The van der Waals surface area contributed by atoms with Crippen LogP contribution in [0.4, 0.5) is 14.5 Å². The van der Waals surface area contributed by atoms with Crippen molar-refractivity contribution in [1.29, 1.82) is 0 Å². The molecule has 0 radical (unpaired) electrons.